The molecule has 0 radical (unpaired) electrons. The van der Waals surface area contributed by atoms with E-state index in [1.807, 2.05) is 20.8 Å². The molecule has 0 heterocycles. The Labute approximate surface area is 102 Å². The molecular formula is C11H23N3O3. The Kier molecular flexibility index (Phi) is 4.80. The molecule has 0 spiro atoms. The van der Waals surface area contributed by atoms with Crippen molar-refractivity contribution in [3.63, 3.8) is 0 Å². The molecule has 1 unspecified atom stereocenters. The molecule has 17 heavy (non-hydrogen) atoms. The lowest BCUT2D eigenvalue weighted by Crippen LogP contribution is -2.53. The van der Waals surface area contributed by atoms with Crippen LogP contribution in [0.3, 0.4) is 0 Å². The summed E-state index contributed by atoms with van der Waals surface area (Å²) >= 11 is 0. The predicted molar refractivity (Wildman–Crippen MR) is 66.0 cm³/mol. The third-order valence-electron chi connectivity index (χ3n) is 1.94. The second-order valence-corrected chi connectivity index (χ2v) is 5.97. The number of ether oxygens (including phenoxy) is 1. The quantitative estimate of drug-likeness (QED) is 0.298. The largest absolute Gasteiger partial charge is 0.444 e. The Morgan fingerprint density at radius 3 is 2.06 bits per heavy atom. The molecule has 100 valence electrons. The van der Waals surface area contributed by atoms with Gasteiger partial charge in [0, 0.05) is 0 Å². The van der Waals surface area contributed by atoms with Crippen molar-refractivity contribution in [1.29, 1.82) is 0 Å². The van der Waals surface area contributed by atoms with Gasteiger partial charge in [-0.05, 0) is 26.2 Å². The third kappa shape index (κ3) is 5.99. The second kappa shape index (κ2) is 5.25. The minimum Gasteiger partial charge on any atom is -0.444 e. The van der Waals surface area contributed by atoms with Gasteiger partial charge in [-0.1, -0.05) is 25.9 Å². The molecule has 1 amide bonds. The van der Waals surface area contributed by atoms with Crippen LogP contribution < -0.4 is 11.1 Å². The molecule has 0 aliphatic heterocycles. The highest BCUT2D eigenvalue weighted by molar-refractivity contribution is 5.89. The van der Waals surface area contributed by atoms with E-state index in [-0.39, 0.29) is 11.3 Å². The molecule has 6 heteroatoms. The van der Waals surface area contributed by atoms with E-state index in [4.69, 9.17) is 15.7 Å². The number of hydrogen-bond donors (Lipinski definition) is 3. The van der Waals surface area contributed by atoms with E-state index in [0.29, 0.717) is 0 Å². The Morgan fingerprint density at radius 1 is 1.29 bits per heavy atom. The van der Waals surface area contributed by atoms with Crippen LogP contribution in [-0.4, -0.2) is 28.8 Å². The molecule has 0 saturated carbocycles. The van der Waals surface area contributed by atoms with Crippen LogP contribution in [0, 0.1) is 5.41 Å². The first-order valence-corrected chi connectivity index (χ1v) is 5.44. The Morgan fingerprint density at radius 2 is 1.76 bits per heavy atom. The fourth-order valence-corrected chi connectivity index (χ4v) is 1.22. The Balaban J connectivity index is 4.74. The van der Waals surface area contributed by atoms with Gasteiger partial charge < -0.3 is 21.0 Å². The van der Waals surface area contributed by atoms with Crippen LogP contribution in [0.5, 0.6) is 0 Å². The van der Waals surface area contributed by atoms with Gasteiger partial charge in [-0.2, -0.15) is 0 Å². The molecule has 0 aromatic rings. The number of hydrogen-bond acceptors (Lipinski definition) is 4. The number of amides is 1. The third-order valence-corrected chi connectivity index (χ3v) is 1.94. The number of carbonyl (C=O) groups excluding carboxylic acids is 1. The highest BCUT2D eigenvalue weighted by atomic mass is 16.6. The highest BCUT2D eigenvalue weighted by Crippen LogP contribution is 2.20. The predicted octanol–water partition coefficient (Wildman–Crippen LogP) is 1.67. The Hall–Kier alpha value is -1.46. The van der Waals surface area contributed by atoms with E-state index >= 15 is 0 Å². The van der Waals surface area contributed by atoms with Crippen LogP contribution in [0.1, 0.15) is 41.5 Å². The lowest BCUT2D eigenvalue weighted by molar-refractivity contribution is 0.0490. The lowest BCUT2D eigenvalue weighted by Gasteiger charge is -2.31. The van der Waals surface area contributed by atoms with E-state index in [2.05, 4.69) is 10.5 Å². The van der Waals surface area contributed by atoms with Gasteiger partial charge >= 0.3 is 6.09 Å². The monoisotopic (exact) mass is 245 g/mol. The first-order chi connectivity index (χ1) is 7.47. The minimum atomic E-state index is -0.595. The molecule has 0 aromatic carbocycles. The molecule has 4 N–H and O–H groups in total. The maximum atomic E-state index is 11.6. The fraction of sp³-hybridized carbons (Fsp3) is 0.818. The van der Waals surface area contributed by atoms with Gasteiger partial charge in [-0.3, -0.25) is 0 Å². The van der Waals surface area contributed by atoms with Crippen LogP contribution >= 0.6 is 0 Å². The maximum absolute atomic E-state index is 11.6. The van der Waals surface area contributed by atoms with Crippen molar-refractivity contribution in [2.45, 2.75) is 53.2 Å². The van der Waals surface area contributed by atoms with Crippen molar-refractivity contribution in [2.24, 2.45) is 16.3 Å². The SMILES string of the molecule is CC(C)(C)OC(=O)NC(/C(N)=N/O)C(C)(C)C. The van der Waals surface area contributed by atoms with Gasteiger partial charge in [0.15, 0.2) is 5.84 Å². The summed E-state index contributed by atoms with van der Waals surface area (Å²) in [4.78, 5) is 11.6. The van der Waals surface area contributed by atoms with Crippen LogP contribution in [0.15, 0.2) is 5.16 Å². The second-order valence-electron chi connectivity index (χ2n) is 5.97. The molecule has 0 bridgehead atoms. The summed E-state index contributed by atoms with van der Waals surface area (Å²) < 4.78 is 5.12. The first-order valence-electron chi connectivity index (χ1n) is 5.44. The van der Waals surface area contributed by atoms with E-state index in [1.165, 1.54) is 0 Å². The summed E-state index contributed by atoms with van der Waals surface area (Å²) in [5, 5.41) is 14.2. The van der Waals surface area contributed by atoms with Crippen molar-refractivity contribution in [2.75, 3.05) is 0 Å². The molecule has 0 rings (SSSR count). The van der Waals surface area contributed by atoms with E-state index in [0.717, 1.165) is 0 Å². The van der Waals surface area contributed by atoms with Gasteiger partial charge in [-0.15, -0.1) is 0 Å². The first kappa shape index (κ1) is 15.5. The molecule has 6 nitrogen and oxygen atoms in total. The maximum Gasteiger partial charge on any atom is 0.408 e. The minimum absolute atomic E-state index is 0.0524. The number of oxime groups is 1. The lowest BCUT2D eigenvalue weighted by atomic mass is 9.86. The van der Waals surface area contributed by atoms with Gasteiger partial charge in [-0.25, -0.2) is 4.79 Å². The number of alkyl carbamates (subject to hydrolysis) is 1. The average Bonchev–Trinajstić information content (AvgIpc) is 2.08. The zero-order valence-corrected chi connectivity index (χ0v) is 11.4. The standard InChI is InChI=1S/C11H23N3O3/c1-10(2,3)7(8(12)14-16)13-9(15)17-11(4,5)6/h7,16H,1-6H3,(H2,12,14)(H,13,15). The summed E-state index contributed by atoms with van der Waals surface area (Å²) in [6, 6.07) is -0.595. The van der Waals surface area contributed by atoms with E-state index in [9.17, 15) is 4.79 Å². The zero-order chi connectivity index (χ0) is 13.9. The summed E-state index contributed by atoms with van der Waals surface area (Å²) in [6.45, 7) is 10.9. The van der Waals surface area contributed by atoms with Crippen molar-refractivity contribution in [3.8, 4) is 0 Å². The van der Waals surface area contributed by atoms with Crippen molar-refractivity contribution >= 4 is 11.9 Å². The molecule has 1 atom stereocenters. The highest BCUT2D eigenvalue weighted by Gasteiger charge is 2.31. The van der Waals surface area contributed by atoms with Crippen LogP contribution in [0.25, 0.3) is 0 Å². The van der Waals surface area contributed by atoms with Gasteiger partial charge in [0.25, 0.3) is 0 Å². The summed E-state index contributed by atoms with van der Waals surface area (Å²) in [5.41, 5.74) is 4.58. The van der Waals surface area contributed by atoms with Crippen LogP contribution in [0.2, 0.25) is 0 Å². The Bertz CT molecular complexity index is 300. The fourth-order valence-electron chi connectivity index (χ4n) is 1.22. The number of nitrogens with one attached hydrogen (secondary N) is 1. The molecule has 0 aromatic heterocycles. The molecule has 0 saturated heterocycles. The average molecular weight is 245 g/mol. The molecule has 0 aliphatic carbocycles. The van der Waals surface area contributed by atoms with Crippen molar-refractivity contribution in [3.05, 3.63) is 0 Å². The van der Waals surface area contributed by atoms with E-state index in [1.54, 1.807) is 20.8 Å². The van der Waals surface area contributed by atoms with Gasteiger partial charge in [0.2, 0.25) is 0 Å². The molecule has 0 fully saturated rings. The number of amidine groups is 1. The number of nitrogens with zero attached hydrogens (tertiary/aromatic N) is 1. The summed E-state index contributed by atoms with van der Waals surface area (Å²) in [7, 11) is 0. The van der Waals surface area contributed by atoms with E-state index < -0.39 is 17.7 Å². The molecular weight excluding hydrogens is 222 g/mol. The summed E-state index contributed by atoms with van der Waals surface area (Å²) in [5.74, 6) is -0.0524. The van der Waals surface area contributed by atoms with Gasteiger partial charge in [0.05, 0.1) is 6.04 Å². The van der Waals surface area contributed by atoms with Gasteiger partial charge in [0.1, 0.15) is 5.60 Å². The smallest absolute Gasteiger partial charge is 0.408 e. The van der Waals surface area contributed by atoms with Crippen molar-refractivity contribution < 1.29 is 14.7 Å². The summed E-state index contributed by atoms with van der Waals surface area (Å²) in [6.07, 6.45) is -0.593. The normalized spacial score (nSPS) is 15.3. The number of nitrogens with two attached hydrogens (primary N) is 1. The molecule has 0 aliphatic rings. The van der Waals surface area contributed by atoms with Crippen LogP contribution in [-0.2, 0) is 4.74 Å². The topological polar surface area (TPSA) is 96.9 Å². The van der Waals surface area contributed by atoms with Crippen LogP contribution in [0.4, 0.5) is 4.79 Å². The number of rotatable bonds is 2. The zero-order valence-electron chi connectivity index (χ0n) is 11.4. The van der Waals surface area contributed by atoms with Crippen molar-refractivity contribution in [1.82, 2.24) is 5.32 Å². The number of carbonyl (C=O) groups is 1.